The Morgan fingerprint density at radius 3 is 2.38 bits per heavy atom. The number of esters is 1. The molecule has 3 amide bonds. The van der Waals surface area contributed by atoms with E-state index in [9.17, 15) is 29.3 Å². The molecule has 0 spiro atoms. The first-order chi connectivity index (χ1) is 19.3. The number of carbonyl (C=O) groups is 4. The maximum absolute atomic E-state index is 13.5. The van der Waals surface area contributed by atoms with E-state index in [1.54, 1.807) is 0 Å². The molecule has 2 aliphatic carbocycles. The van der Waals surface area contributed by atoms with Gasteiger partial charge in [0.1, 0.15) is 0 Å². The molecule has 202 valence electrons. The molecule has 1 N–H and O–H groups in total. The number of benzene rings is 3. The summed E-state index contributed by atoms with van der Waals surface area (Å²) < 4.78 is 5.07. The van der Waals surface area contributed by atoms with E-state index in [4.69, 9.17) is 4.74 Å². The molecule has 40 heavy (non-hydrogen) atoms. The summed E-state index contributed by atoms with van der Waals surface area (Å²) in [4.78, 5) is 63.1. The molecule has 0 aromatic heterocycles. The molecule has 1 heterocycles. The van der Waals surface area contributed by atoms with Gasteiger partial charge in [0.05, 0.1) is 28.0 Å². The maximum Gasteiger partial charge on any atom is 0.338 e. The van der Waals surface area contributed by atoms with E-state index in [1.807, 2.05) is 18.2 Å². The second-order valence-electron chi connectivity index (χ2n) is 10.5. The second-order valence-corrected chi connectivity index (χ2v) is 10.5. The fourth-order valence-electron chi connectivity index (χ4n) is 6.65. The summed E-state index contributed by atoms with van der Waals surface area (Å²) in [7, 11) is 0. The minimum Gasteiger partial charge on any atom is -0.452 e. The number of hydrogen-bond donors (Lipinski definition) is 1. The van der Waals surface area contributed by atoms with Gasteiger partial charge >= 0.3 is 5.97 Å². The van der Waals surface area contributed by atoms with E-state index in [2.05, 4.69) is 17.4 Å². The number of nitrogens with zero attached hydrogens (tertiary/aromatic N) is 2. The molecule has 3 aromatic rings. The Balaban J connectivity index is 1.09. The Labute approximate surface area is 229 Å². The summed E-state index contributed by atoms with van der Waals surface area (Å²) in [5.41, 5.74) is 1.79. The van der Waals surface area contributed by atoms with Crippen LogP contribution >= 0.6 is 0 Å². The molecule has 10 nitrogen and oxygen atoms in total. The van der Waals surface area contributed by atoms with Crippen LogP contribution in [-0.4, -0.2) is 35.2 Å². The first kappa shape index (κ1) is 25.4. The van der Waals surface area contributed by atoms with Gasteiger partial charge < -0.3 is 10.1 Å². The summed E-state index contributed by atoms with van der Waals surface area (Å²) >= 11 is 0. The van der Waals surface area contributed by atoms with Crippen molar-refractivity contribution in [3.8, 4) is 0 Å². The number of non-ortho nitro benzene ring substituents is 1. The van der Waals surface area contributed by atoms with Gasteiger partial charge in [-0.3, -0.25) is 29.4 Å². The Kier molecular flexibility index (Phi) is 6.37. The van der Waals surface area contributed by atoms with Crippen molar-refractivity contribution < 1.29 is 28.8 Å². The third-order valence-corrected chi connectivity index (χ3v) is 8.28. The Hall–Kier alpha value is -4.86. The summed E-state index contributed by atoms with van der Waals surface area (Å²) in [6.45, 7) is -0.596. The standard InChI is InChI=1S/C30H25N3O7/c34-25(31-20-7-4-8-22(15-20)33(38)39)16-40-30(37)18-9-11-21(12-10-18)32-28(35)26-19-13-23(17-5-2-1-3-6-17)24(14-19)27(26)29(32)36/h1-12,15,19,23-24,26-27H,13-14,16H2,(H,31,34)/t19-,23+,24+,26+,27-/m0/s1. The summed E-state index contributed by atoms with van der Waals surface area (Å²) in [5.74, 6) is -1.81. The molecule has 2 bridgehead atoms. The average Bonchev–Trinajstić information content (AvgIpc) is 3.63. The van der Waals surface area contributed by atoms with Crippen molar-refractivity contribution in [2.24, 2.45) is 23.7 Å². The van der Waals surface area contributed by atoms with Crippen molar-refractivity contribution >= 4 is 40.8 Å². The Morgan fingerprint density at radius 1 is 0.925 bits per heavy atom. The number of fused-ring (bicyclic) bond motifs is 5. The van der Waals surface area contributed by atoms with Crippen LogP contribution in [0.15, 0.2) is 78.9 Å². The van der Waals surface area contributed by atoms with E-state index < -0.39 is 23.4 Å². The zero-order chi connectivity index (χ0) is 28.0. The largest absolute Gasteiger partial charge is 0.452 e. The molecule has 6 rings (SSSR count). The molecule has 2 saturated carbocycles. The smallest absolute Gasteiger partial charge is 0.338 e. The molecule has 3 fully saturated rings. The lowest BCUT2D eigenvalue weighted by Crippen LogP contribution is -2.33. The van der Waals surface area contributed by atoms with E-state index in [0.717, 1.165) is 12.8 Å². The van der Waals surface area contributed by atoms with Gasteiger partial charge in [0.25, 0.3) is 11.6 Å². The van der Waals surface area contributed by atoms with Gasteiger partial charge in [-0.05, 0) is 66.5 Å². The number of hydrogen-bond acceptors (Lipinski definition) is 7. The van der Waals surface area contributed by atoms with Crippen LogP contribution in [0.2, 0.25) is 0 Å². The van der Waals surface area contributed by atoms with Crippen LogP contribution in [0.5, 0.6) is 0 Å². The second kappa shape index (κ2) is 10.0. The maximum atomic E-state index is 13.5. The van der Waals surface area contributed by atoms with E-state index >= 15 is 0 Å². The highest BCUT2D eigenvalue weighted by Crippen LogP contribution is 2.61. The molecule has 10 heteroatoms. The highest BCUT2D eigenvalue weighted by Gasteiger charge is 2.64. The number of anilines is 2. The third kappa shape index (κ3) is 4.41. The number of ether oxygens (including phenoxy) is 1. The minimum absolute atomic E-state index is 0.140. The van der Waals surface area contributed by atoms with Crippen molar-refractivity contribution in [1.82, 2.24) is 0 Å². The lowest BCUT2D eigenvalue weighted by molar-refractivity contribution is -0.384. The van der Waals surface area contributed by atoms with Crippen molar-refractivity contribution in [3.63, 3.8) is 0 Å². The molecule has 0 radical (unpaired) electrons. The predicted molar refractivity (Wildman–Crippen MR) is 143 cm³/mol. The normalized spacial score (nSPS) is 24.6. The number of nitro groups is 1. The number of rotatable bonds is 7. The van der Waals surface area contributed by atoms with Crippen molar-refractivity contribution in [1.29, 1.82) is 0 Å². The Bertz CT molecular complexity index is 1520. The van der Waals surface area contributed by atoms with Crippen LogP contribution in [0.1, 0.15) is 34.7 Å². The Morgan fingerprint density at radius 2 is 1.65 bits per heavy atom. The van der Waals surface area contributed by atoms with E-state index in [1.165, 1.54) is 59.0 Å². The van der Waals surface area contributed by atoms with Gasteiger partial charge in [-0.15, -0.1) is 0 Å². The summed E-state index contributed by atoms with van der Waals surface area (Å²) in [6.07, 6.45) is 1.79. The highest BCUT2D eigenvalue weighted by molar-refractivity contribution is 6.22. The number of imide groups is 1. The van der Waals surface area contributed by atoms with E-state index in [0.29, 0.717) is 5.69 Å². The topological polar surface area (TPSA) is 136 Å². The van der Waals surface area contributed by atoms with Gasteiger partial charge in [-0.2, -0.15) is 0 Å². The quantitative estimate of drug-likeness (QED) is 0.204. The van der Waals surface area contributed by atoms with Gasteiger partial charge in [-0.25, -0.2) is 4.79 Å². The lowest BCUT2D eigenvalue weighted by atomic mass is 9.73. The summed E-state index contributed by atoms with van der Waals surface area (Å²) in [6, 6.07) is 21.5. The average molecular weight is 540 g/mol. The molecule has 5 atom stereocenters. The van der Waals surface area contributed by atoms with Gasteiger partial charge in [0.15, 0.2) is 6.61 Å². The van der Waals surface area contributed by atoms with Crippen LogP contribution in [0, 0.1) is 33.8 Å². The number of nitrogens with one attached hydrogen (secondary N) is 1. The molecule has 0 unspecified atom stereocenters. The number of amides is 3. The van der Waals surface area contributed by atoms with Crippen molar-refractivity contribution in [3.05, 3.63) is 100 Å². The number of carbonyl (C=O) groups excluding carboxylic acids is 4. The van der Waals surface area contributed by atoms with Crippen LogP contribution in [0.3, 0.4) is 0 Å². The first-order valence-electron chi connectivity index (χ1n) is 13.1. The molecule has 1 aliphatic heterocycles. The minimum atomic E-state index is -0.763. The zero-order valence-electron chi connectivity index (χ0n) is 21.3. The van der Waals surface area contributed by atoms with Gasteiger partial charge in [0, 0.05) is 17.8 Å². The highest BCUT2D eigenvalue weighted by atomic mass is 16.6. The van der Waals surface area contributed by atoms with Crippen LogP contribution < -0.4 is 10.2 Å². The fourth-order valence-corrected chi connectivity index (χ4v) is 6.65. The molecular formula is C30H25N3O7. The molecule has 3 aliphatic rings. The van der Waals surface area contributed by atoms with Gasteiger partial charge in [0.2, 0.25) is 11.8 Å². The van der Waals surface area contributed by atoms with Crippen LogP contribution in [0.25, 0.3) is 0 Å². The zero-order valence-corrected chi connectivity index (χ0v) is 21.3. The summed E-state index contributed by atoms with van der Waals surface area (Å²) in [5, 5.41) is 13.3. The monoisotopic (exact) mass is 539 g/mol. The number of nitro benzene ring substituents is 1. The fraction of sp³-hybridized carbons (Fsp3) is 0.267. The van der Waals surface area contributed by atoms with Crippen LogP contribution in [-0.2, 0) is 19.1 Å². The molecule has 1 saturated heterocycles. The van der Waals surface area contributed by atoms with Crippen molar-refractivity contribution in [2.75, 3.05) is 16.8 Å². The SMILES string of the molecule is O=C(COC(=O)c1ccc(N2C(=O)[C@@H]3[C@@H]4C[C@@H]([C@@H]3C2=O)[C@@H](c2ccccc2)C4)cc1)Nc1cccc([N+](=O)[O-])c1. The lowest BCUT2D eigenvalue weighted by Gasteiger charge is -2.28. The molecular weight excluding hydrogens is 514 g/mol. The predicted octanol–water partition coefficient (Wildman–Crippen LogP) is 4.32. The third-order valence-electron chi connectivity index (χ3n) is 8.28. The van der Waals surface area contributed by atoms with Crippen LogP contribution in [0.4, 0.5) is 17.1 Å². The first-order valence-corrected chi connectivity index (χ1v) is 13.1. The van der Waals surface area contributed by atoms with Crippen molar-refractivity contribution in [2.45, 2.75) is 18.8 Å². The van der Waals surface area contributed by atoms with E-state index in [-0.39, 0.29) is 58.3 Å². The van der Waals surface area contributed by atoms with Gasteiger partial charge in [-0.1, -0.05) is 36.4 Å². The molecule has 3 aromatic carbocycles.